The Hall–Kier alpha value is -0.800. The van der Waals surface area contributed by atoms with Gasteiger partial charge in [-0.05, 0) is 5.56 Å². The monoisotopic (exact) mass is 207 g/mol. The minimum Gasteiger partial charge on any atom is -0.300 e. The maximum atomic E-state index is 11.1. The van der Waals surface area contributed by atoms with Crippen molar-refractivity contribution < 1.29 is 4.79 Å². The highest BCUT2D eigenvalue weighted by Crippen LogP contribution is 2.28. The zero-order chi connectivity index (χ0) is 9.86. The number of hydrogen-bond donors (Lipinski definition) is 1. The van der Waals surface area contributed by atoms with Crippen molar-refractivity contribution in [2.75, 3.05) is 12.3 Å². The Labute approximate surface area is 88.1 Å². The van der Waals surface area contributed by atoms with Gasteiger partial charge in [-0.1, -0.05) is 30.3 Å². The second kappa shape index (κ2) is 4.15. The predicted molar refractivity (Wildman–Crippen MR) is 59.4 cm³/mol. The highest BCUT2D eigenvalue weighted by molar-refractivity contribution is 8.01. The van der Waals surface area contributed by atoms with Gasteiger partial charge in [0.15, 0.2) is 6.29 Å². The van der Waals surface area contributed by atoms with Gasteiger partial charge in [-0.3, -0.25) is 5.32 Å². The molecule has 0 aromatic heterocycles. The molecule has 1 aromatic carbocycles. The summed E-state index contributed by atoms with van der Waals surface area (Å²) in [6.45, 7) is 0.927. The Balaban J connectivity index is 2.12. The zero-order valence-corrected chi connectivity index (χ0v) is 8.72. The van der Waals surface area contributed by atoms with Crippen LogP contribution in [-0.4, -0.2) is 23.5 Å². The molecular weight excluding hydrogens is 194 g/mol. The third-order valence-corrected chi connectivity index (χ3v) is 3.69. The van der Waals surface area contributed by atoms with Crippen LogP contribution in [0.2, 0.25) is 0 Å². The molecule has 2 nitrogen and oxygen atoms in total. The Morgan fingerprint density at radius 2 is 2.21 bits per heavy atom. The van der Waals surface area contributed by atoms with Crippen LogP contribution in [0.3, 0.4) is 0 Å². The van der Waals surface area contributed by atoms with Gasteiger partial charge in [0.2, 0.25) is 0 Å². The molecule has 1 unspecified atom stereocenters. The first-order chi connectivity index (χ1) is 6.85. The molecule has 1 atom stereocenters. The van der Waals surface area contributed by atoms with Crippen LogP contribution >= 0.6 is 11.8 Å². The number of carbonyl (C=O) groups excluding carboxylic acids is 1. The first-order valence-corrected chi connectivity index (χ1v) is 5.72. The zero-order valence-electron chi connectivity index (χ0n) is 7.90. The summed E-state index contributed by atoms with van der Waals surface area (Å²) in [5.74, 6) is 1.02. The van der Waals surface area contributed by atoms with Crippen molar-refractivity contribution in [1.29, 1.82) is 0 Å². The lowest BCUT2D eigenvalue weighted by Gasteiger charge is -2.21. The molecule has 2 rings (SSSR count). The van der Waals surface area contributed by atoms with E-state index in [0.717, 1.165) is 25.0 Å². The van der Waals surface area contributed by atoms with Gasteiger partial charge in [0, 0.05) is 18.7 Å². The van der Waals surface area contributed by atoms with Crippen LogP contribution in [0, 0.1) is 0 Å². The van der Waals surface area contributed by atoms with E-state index in [0.29, 0.717) is 0 Å². The molecular formula is C11H13NOS. The third-order valence-electron chi connectivity index (χ3n) is 2.39. The van der Waals surface area contributed by atoms with Crippen molar-refractivity contribution in [2.45, 2.75) is 11.3 Å². The molecule has 1 N–H and O–H groups in total. The molecule has 1 aliphatic heterocycles. The van der Waals surface area contributed by atoms with Crippen molar-refractivity contribution in [2.24, 2.45) is 0 Å². The molecule has 1 aromatic rings. The number of thioether (sulfide) groups is 1. The standard InChI is InChI=1S/C11H13NOS/c13-9-11(12-6-7-14-11)8-10-4-2-1-3-5-10/h1-5,9,12H,6-8H2. The largest absolute Gasteiger partial charge is 0.300 e. The Morgan fingerprint density at radius 3 is 2.79 bits per heavy atom. The highest BCUT2D eigenvalue weighted by atomic mass is 32.2. The van der Waals surface area contributed by atoms with Gasteiger partial charge in [0.1, 0.15) is 4.87 Å². The SMILES string of the molecule is O=CC1(Cc2ccccc2)NCCS1. The van der Waals surface area contributed by atoms with E-state index in [4.69, 9.17) is 0 Å². The van der Waals surface area contributed by atoms with E-state index in [9.17, 15) is 4.79 Å². The van der Waals surface area contributed by atoms with Gasteiger partial charge in [0.25, 0.3) is 0 Å². The van der Waals surface area contributed by atoms with Gasteiger partial charge in [-0.2, -0.15) is 0 Å². The summed E-state index contributed by atoms with van der Waals surface area (Å²) in [6, 6.07) is 10.1. The van der Waals surface area contributed by atoms with Gasteiger partial charge in [-0.25, -0.2) is 0 Å². The molecule has 74 valence electrons. The fourth-order valence-corrected chi connectivity index (χ4v) is 2.79. The maximum absolute atomic E-state index is 11.1. The fourth-order valence-electron chi connectivity index (χ4n) is 1.68. The summed E-state index contributed by atoms with van der Waals surface area (Å²) in [5, 5.41) is 3.26. The molecule has 14 heavy (non-hydrogen) atoms. The molecule has 0 amide bonds. The fraction of sp³-hybridized carbons (Fsp3) is 0.364. The Morgan fingerprint density at radius 1 is 1.43 bits per heavy atom. The quantitative estimate of drug-likeness (QED) is 0.761. The Bertz CT molecular complexity index is 306. The average molecular weight is 207 g/mol. The first-order valence-electron chi connectivity index (χ1n) is 4.74. The summed E-state index contributed by atoms with van der Waals surface area (Å²) >= 11 is 1.71. The molecule has 0 radical (unpaired) electrons. The lowest BCUT2D eigenvalue weighted by Crippen LogP contribution is -2.40. The van der Waals surface area contributed by atoms with E-state index in [1.165, 1.54) is 5.56 Å². The smallest absolute Gasteiger partial charge is 0.150 e. The summed E-state index contributed by atoms with van der Waals surface area (Å²) < 4.78 is 0. The lowest BCUT2D eigenvalue weighted by atomic mass is 10.1. The number of nitrogens with one attached hydrogen (secondary N) is 1. The van der Waals surface area contributed by atoms with E-state index in [-0.39, 0.29) is 4.87 Å². The normalized spacial score (nSPS) is 26.3. The van der Waals surface area contributed by atoms with E-state index in [1.807, 2.05) is 18.2 Å². The van der Waals surface area contributed by atoms with Crippen LogP contribution in [0.5, 0.6) is 0 Å². The third kappa shape index (κ3) is 1.99. The van der Waals surface area contributed by atoms with Crippen molar-refractivity contribution in [1.82, 2.24) is 5.32 Å². The van der Waals surface area contributed by atoms with Crippen LogP contribution in [-0.2, 0) is 11.2 Å². The van der Waals surface area contributed by atoms with Crippen LogP contribution in [0.25, 0.3) is 0 Å². The van der Waals surface area contributed by atoms with Gasteiger partial charge < -0.3 is 4.79 Å². The maximum Gasteiger partial charge on any atom is 0.150 e. The van der Waals surface area contributed by atoms with Crippen molar-refractivity contribution in [3.8, 4) is 0 Å². The van der Waals surface area contributed by atoms with E-state index >= 15 is 0 Å². The molecule has 1 fully saturated rings. The second-order valence-corrected chi connectivity index (χ2v) is 4.87. The molecule has 0 spiro atoms. The molecule has 1 saturated heterocycles. The first kappa shape index (κ1) is 9.74. The van der Waals surface area contributed by atoms with Crippen molar-refractivity contribution in [3.05, 3.63) is 35.9 Å². The van der Waals surface area contributed by atoms with E-state index in [1.54, 1.807) is 11.8 Å². The van der Waals surface area contributed by atoms with Crippen LogP contribution in [0.15, 0.2) is 30.3 Å². The average Bonchev–Trinajstić information content (AvgIpc) is 2.69. The Kier molecular flexibility index (Phi) is 2.89. The molecule has 0 bridgehead atoms. The van der Waals surface area contributed by atoms with E-state index < -0.39 is 0 Å². The summed E-state index contributed by atoms with van der Waals surface area (Å²) in [7, 11) is 0. The molecule has 0 saturated carbocycles. The van der Waals surface area contributed by atoms with Crippen LogP contribution in [0.4, 0.5) is 0 Å². The van der Waals surface area contributed by atoms with Gasteiger partial charge in [0.05, 0.1) is 0 Å². The van der Waals surface area contributed by atoms with Gasteiger partial charge >= 0.3 is 0 Å². The second-order valence-electron chi connectivity index (χ2n) is 3.44. The molecule has 1 aliphatic rings. The number of benzene rings is 1. The van der Waals surface area contributed by atoms with E-state index in [2.05, 4.69) is 17.4 Å². The predicted octanol–water partition coefficient (Wildman–Crippen LogP) is 1.46. The molecule has 0 aliphatic carbocycles. The van der Waals surface area contributed by atoms with Crippen molar-refractivity contribution in [3.63, 3.8) is 0 Å². The van der Waals surface area contributed by atoms with Crippen LogP contribution < -0.4 is 5.32 Å². The highest BCUT2D eigenvalue weighted by Gasteiger charge is 2.33. The molecule has 3 heteroatoms. The minimum atomic E-state index is -0.374. The molecule has 1 heterocycles. The topological polar surface area (TPSA) is 29.1 Å². The summed E-state index contributed by atoms with van der Waals surface area (Å²) in [5.41, 5.74) is 1.21. The number of carbonyl (C=O) groups is 1. The van der Waals surface area contributed by atoms with Gasteiger partial charge in [-0.15, -0.1) is 11.8 Å². The van der Waals surface area contributed by atoms with Crippen LogP contribution in [0.1, 0.15) is 5.56 Å². The number of hydrogen-bond acceptors (Lipinski definition) is 3. The lowest BCUT2D eigenvalue weighted by molar-refractivity contribution is -0.110. The van der Waals surface area contributed by atoms with Crippen molar-refractivity contribution >= 4 is 18.0 Å². The number of rotatable bonds is 3. The minimum absolute atomic E-state index is 0.374. The number of aldehydes is 1. The summed E-state index contributed by atoms with van der Waals surface area (Å²) in [6.07, 6.45) is 1.82. The summed E-state index contributed by atoms with van der Waals surface area (Å²) in [4.78, 5) is 10.7.